The Hall–Kier alpha value is -2.16. The first kappa shape index (κ1) is 23.0. The minimum atomic E-state index is -3.36. The van der Waals surface area contributed by atoms with Gasteiger partial charge in [-0.05, 0) is 55.7 Å². The third-order valence-electron chi connectivity index (χ3n) is 6.77. The van der Waals surface area contributed by atoms with Gasteiger partial charge in [-0.1, -0.05) is 30.3 Å². The summed E-state index contributed by atoms with van der Waals surface area (Å²) in [6.07, 6.45) is 7.87. The summed E-state index contributed by atoms with van der Waals surface area (Å²) in [5, 5.41) is 0. The van der Waals surface area contributed by atoms with Crippen LogP contribution in [0, 0.1) is 0 Å². The Morgan fingerprint density at radius 3 is 2.44 bits per heavy atom. The highest BCUT2D eigenvalue weighted by atomic mass is 32.2. The van der Waals surface area contributed by atoms with Gasteiger partial charge in [0.1, 0.15) is 5.69 Å². The predicted octanol–water partition coefficient (Wildman–Crippen LogP) is 2.62. The molecule has 8 heteroatoms. The minimum absolute atomic E-state index is 0.0825. The van der Waals surface area contributed by atoms with Crippen LogP contribution in [-0.4, -0.2) is 50.6 Å². The van der Waals surface area contributed by atoms with Gasteiger partial charge < -0.3 is 14.2 Å². The molecule has 2 aromatic rings. The van der Waals surface area contributed by atoms with E-state index in [1.54, 1.807) is 17.8 Å². The number of benzene rings is 1. The number of aromatic nitrogens is 1. The van der Waals surface area contributed by atoms with Gasteiger partial charge in [-0.15, -0.1) is 0 Å². The molecule has 1 aliphatic heterocycles. The van der Waals surface area contributed by atoms with E-state index >= 15 is 0 Å². The molecular formula is C24H33N3O4S. The second-order valence-corrected chi connectivity index (χ2v) is 10.9. The van der Waals surface area contributed by atoms with Gasteiger partial charge >= 0.3 is 0 Å². The SMILES string of the molecule is Cn1cccc(N2CC[C@H](NS(C)(=O)=O)[C@@H]2CO[C@H]2CC[C@@H](c3ccccc3)CC2)c1=O. The van der Waals surface area contributed by atoms with Crippen molar-refractivity contribution in [2.24, 2.45) is 7.05 Å². The van der Waals surface area contributed by atoms with Crippen LogP contribution in [0.4, 0.5) is 5.69 Å². The first-order chi connectivity index (χ1) is 15.3. The molecule has 1 aromatic heterocycles. The lowest BCUT2D eigenvalue weighted by Gasteiger charge is -2.33. The zero-order chi connectivity index (χ0) is 22.7. The second-order valence-electron chi connectivity index (χ2n) is 9.07. The van der Waals surface area contributed by atoms with Crippen LogP contribution >= 0.6 is 0 Å². The summed E-state index contributed by atoms with van der Waals surface area (Å²) in [5.41, 5.74) is 1.90. The molecule has 2 fully saturated rings. The summed E-state index contributed by atoms with van der Waals surface area (Å²) >= 11 is 0. The highest BCUT2D eigenvalue weighted by Gasteiger charge is 2.38. The third-order valence-corrected chi connectivity index (χ3v) is 7.50. The van der Waals surface area contributed by atoms with E-state index in [1.165, 1.54) is 11.8 Å². The maximum Gasteiger partial charge on any atom is 0.273 e. The van der Waals surface area contributed by atoms with Crippen LogP contribution in [-0.2, 0) is 21.8 Å². The zero-order valence-corrected chi connectivity index (χ0v) is 19.6. The number of rotatable bonds is 7. The van der Waals surface area contributed by atoms with Gasteiger partial charge in [0.2, 0.25) is 10.0 Å². The van der Waals surface area contributed by atoms with Gasteiger partial charge in [0.05, 0.1) is 25.0 Å². The molecule has 174 valence electrons. The average molecular weight is 460 g/mol. The van der Waals surface area contributed by atoms with E-state index in [-0.39, 0.29) is 23.7 Å². The lowest BCUT2D eigenvalue weighted by molar-refractivity contribution is 0.0156. The van der Waals surface area contributed by atoms with E-state index in [0.29, 0.717) is 31.2 Å². The molecule has 1 saturated heterocycles. The number of pyridine rings is 1. The maximum absolute atomic E-state index is 12.7. The van der Waals surface area contributed by atoms with Crippen LogP contribution in [0.3, 0.4) is 0 Å². The van der Waals surface area contributed by atoms with Crippen LogP contribution in [0.2, 0.25) is 0 Å². The minimum Gasteiger partial charge on any atom is -0.376 e. The van der Waals surface area contributed by atoms with Gasteiger partial charge in [0.25, 0.3) is 5.56 Å². The van der Waals surface area contributed by atoms with Crippen molar-refractivity contribution in [2.45, 2.75) is 56.2 Å². The van der Waals surface area contributed by atoms with Crippen LogP contribution in [0.25, 0.3) is 0 Å². The van der Waals surface area contributed by atoms with Gasteiger partial charge in [-0.3, -0.25) is 4.79 Å². The van der Waals surface area contributed by atoms with Crippen LogP contribution in [0.1, 0.15) is 43.6 Å². The van der Waals surface area contributed by atoms with Gasteiger partial charge in [-0.2, -0.15) is 0 Å². The van der Waals surface area contributed by atoms with Crippen molar-refractivity contribution in [1.82, 2.24) is 9.29 Å². The van der Waals surface area contributed by atoms with Gasteiger partial charge in [-0.25, -0.2) is 13.1 Å². The van der Waals surface area contributed by atoms with E-state index in [4.69, 9.17) is 4.74 Å². The lowest BCUT2D eigenvalue weighted by Crippen LogP contribution is -2.49. The van der Waals surface area contributed by atoms with Gasteiger partial charge in [0.15, 0.2) is 0 Å². The smallest absolute Gasteiger partial charge is 0.273 e. The quantitative estimate of drug-likeness (QED) is 0.689. The molecule has 1 saturated carbocycles. The van der Waals surface area contributed by atoms with E-state index in [0.717, 1.165) is 25.7 Å². The molecule has 4 rings (SSSR count). The largest absolute Gasteiger partial charge is 0.376 e. The molecule has 2 aliphatic rings. The summed E-state index contributed by atoms with van der Waals surface area (Å²) in [5.74, 6) is 0.575. The summed E-state index contributed by atoms with van der Waals surface area (Å²) in [7, 11) is -1.63. The molecule has 2 heterocycles. The molecule has 0 radical (unpaired) electrons. The molecule has 0 unspecified atom stereocenters. The fourth-order valence-corrected chi connectivity index (χ4v) is 5.92. The van der Waals surface area contributed by atoms with Crippen LogP contribution < -0.4 is 15.2 Å². The number of nitrogens with one attached hydrogen (secondary N) is 1. The summed E-state index contributed by atoms with van der Waals surface area (Å²) in [6, 6.07) is 13.8. The van der Waals surface area contributed by atoms with Crippen molar-refractivity contribution >= 4 is 15.7 Å². The Balaban J connectivity index is 1.43. The zero-order valence-electron chi connectivity index (χ0n) is 18.8. The third kappa shape index (κ3) is 5.42. The fraction of sp³-hybridized carbons (Fsp3) is 0.542. The topological polar surface area (TPSA) is 80.6 Å². The number of nitrogens with zero attached hydrogens (tertiary/aromatic N) is 2. The molecule has 32 heavy (non-hydrogen) atoms. The average Bonchev–Trinajstić information content (AvgIpc) is 3.15. The van der Waals surface area contributed by atoms with E-state index in [2.05, 4.69) is 29.0 Å². The van der Waals surface area contributed by atoms with Crippen LogP contribution in [0.5, 0.6) is 0 Å². The van der Waals surface area contributed by atoms with Crippen molar-refractivity contribution < 1.29 is 13.2 Å². The monoisotopic (exact) mass is 459 g/mol. The predicted molar refractivity (Wildman–Crippen MR) is 127 cm³/mol. The Labute approximate surface area is 190 Å². The highest BCUT2D eigenvalue weighted by Crippen LogP contribution is 2.34. The first-order valence-electron chi connectivity index (χ1n) is 11.4. The molecule has 2 atom stereocenters. The molecule has 0 amide bonds. The van der Waals surface area contributed by atoms with Crippen molar-refractivity contribution in [2.75, 3.05) is 24.3 Å². The fourth-order valence-electron chi connectivity index (χ4n) is 5.10. The standard InChI is InChI=1S/C24H33N3O4S/c1-26-15-6-9-22(24(26)28)27-16-14-21(25-32(2,29)30)23(27)17-31-20-12-10-19(11-13-20)18-7-4-3-5-8-18/h3-9,15,19-21,23,25H,10-14,16-17H2,1-2H3/t19-,20+,21-,23-/m0/s1. The first-order valence-corrected chi connectivity index (χ1v) is 13.3. The summed E-state index contributed by atoms with van der Waals surface area (Å²) < 4.78 is 34.5. The van der Waals surface area contributed by atoms with Crippen LogP contribution in [0.15, 0.2) is 53.5 Å². The molecular weight excluding hydrogens is 426 g/mol. The number of aryl methyl sites for hydroxylation is 1. The number of hydrogen-bond acceptors (Lipinski definition) is 5. The molecule has 0 bridgehead atoms. The molecule has 0 spiro atoms. The summed E-state index contributed by atoms with van der Waals surface area (Å²) in [4.78, 5) is 14.7. The van der Waals surface area contributed by atoms with E-state index < -0.39 is 10.0 Å². The summed E-state index contributed by atoms with van der Waals surface area (Å²) in [6.45, 7) is 1.01. The maximum atomic E-state index is 12.7. The molecule has 1 aliphatic carbocycles. The molecule has 1 N–H and O–H groups in total. The molecule has 1 aromatic carbocycles. The number of sulfonamides is 1. The Kier molecular flexibility index (Phi) is 7.02. The highest BCUT2D eigenvalue weighted by molar-refractivity contribution is 7.88. The lowest BCUT2D eigenvalue weighted by atomic mass is 9.83. The van der Waals surface area contributed by atoms with E-state index in [1.807, 2.05) is 23.1 Å². The van der Waals surface area contributed by atoms with Crippen molar-refractivity contribution in [1.29, 1.82) is 0 Å². The Morgan fingerprint density at radius 1 is 1.03 bits per heavy atom. The van der Waals surface area contributed by atoms with Crippen molar-refractivity contribution in [3.8, 4) is 0 Å². The number of hydrogen-bond donors (Lipinski definition) is 1. The second kappa shape index (κ2) is 9.77. The number of ether oxygens (including phenoxy) is 1. The Bertz CT molecular complexity index is 1060. The van der Waals surface area contributed by atoms with E-state index in [9.17, 15) is 13.2 Å². The number of anilines is 1. The van der Waals surface area contributed by atoms with Crippen molar-refractivity contribution in [3.05, 3.63) is 64.6 Å². The van der Waals surface area contributed by atoms with Gasteiger partial charge in [0, 0.05) is 25.8 Å². The van der Waals surface area contributed by atoms with Crippen molar-refractivity contribution in [3.63, 3.8) is 0 Å². The normalized spacial score (nSPS) is 26.4. The Morgan fingerprint density at radius 2 is 1.75 bits per heavy atom. The molecule has 7 nitrogen and oxygen atoms in total.